The van der Waals surface area contributed by atoms with E-state index in [4.69, 9.17) is 11.1 Å². The number of aromatic nitrogens is 1. The van der Waals surface area contributed by atoms with E-state index in [1.165, 1.54) is 11.8 Å². The number of rotatable bonds is 6. The molecular formula is C23H25N5OS. The lowest BCUT2D eigenvalue weighted by Gasteiger charge is -2.35. The Hall–Kier alpha value is -2.90. The van der Waals surface area contributed by atoms with Gasteiger partial charge in [0.2, 0.25) is 0 Å². The molecule has 3 N–H and O–H groups in total. The first kappa shape index (κ1) is 20.4. The third-order valence-corrected chi connectivity index (χ3v) is 6.42. The minimum Gasteiger partial charge on any atom is -0.370 e. The molecular weight excluding hydrogens is 394 g/mol. The minimum atomic E-state index is 0.109. The zero-order chi connectivity index (χ0) is 20.9. The predicted octanol–water partition coefficient (Wildman–Crippen LogP) is 3.22. The number of fused-ring (bicyclic) bond motifs is 1. The molecule has 0 spiro atoms. The molecule has 30 heavy (non-hydrogen) atoms. The summed E-state index contributed by atoms with van der Waals surface area (Å²) >= 11 is 1.50. The Bertz CT molecular complexity index is 1060. The molecule has 0 aliphatic carbocycles. The number of hydrogen-bond acceptors (Lipinski definition) is 5. The topological polar surface area (TPSA) is 86.3 Å². The number of nitrogens with zero attached hydrogens (tertiary/aromatic N) is 3. The summed E-state index contributed by atoms with van der Waals surface area (Å²) in [6.07, 6.45) is 1.78. The molecule has 0 radical (unpaired) electrons. The van der Waals surface area contributed by atoms with Crippen molar-refractivity contribution in [3.8, 4) is 0 Å². The van der Waals surface area contributed by atoms with Crippen molar-refractivity contribution >= 4 is 34.3 Å². The van der Waals surface area contributed by atoms with E-state index in [-0.39, 0.29) is 11.7 Å². The molecule has 1 aliphatic heterocycles. The van der Waals surface area contributed by atoms with Crippen LogP contribution in [0.15, 0.2) is 65.8 Å². The van der Waals surface area contributed by atoms with Gasteiger partial charge in [-0.25, -0.2) is 4.98 Å². The van der Waals surface area contributed by atoms with Gasteiger partial charge in [0.1, 0.15) is 5.03 Å². The average molecular weight is 420 g/mol. The largest absolute Gasteiger partial charge is 0.370 e. The molecule has 0 atom stereocenters. The van der Waals surface area contributed by atoms with Crippen molar-refractivity contribution in [3.05, 3.63) is 71.9 Å². The minimum absolute atomic E-state index is 0.109. The maximum atomic E-state index is 12.8. The van der Waals surface area contributed by atoms with E-state index in [1.807, 2.05) is 47.4 Å². The molecule has 2 aromatic carbocycles. The first-order chi connectivity index (χ1) is 14.6. The van der Waals surface area contributed by atoms with E-state index in [2.05, 4.69) is 22.0 Å². The number of nitrogens with one attached hydrogen (secondary N) is 1. The number of thioether (sulfide) groups is 1. The van der Waals surface area contributed by atoms with Crippen LogP contribution in [0.25, 0.3) is 10.8 Å². The number of ketones is 1. The third kappa shape index (κ3) is 4.80. The molecule has 6 nitrogen and oxygen atoms in total. The van der Waals surface area contributed by atoms with Gasteiger partial charge in [0.25, 0.3) is 0 Å². The summed E-state index contributed by atoms with van der Waals surface area (Å²) in [7, 11) is 0. The van der Waals surface area contributed by atoms with Crippen molar-refractivity contribution < 1.29 is 4.79 Å². The second-order valence-electron chi connectivity index (χ2n) is 7.39. The van der Waals surface area contributed by atoms with Crippen molar-refractivity contribution in [2.24, 2.45) is 5.73 Å². The smallest absolute Gasteiger partial charge is 0.188 e. The van der Waals surface area contributed by atoms with Gasteiger partial charge in [-0.1, -0.05) is 54.2 Å². The van der Waals surface area contributed by atoms with Crippen molar-refractivity contribution in [2.45, 2.75) is 11.6 Å². The Kier molecular flexibility index (Phi) is 6.30. The normalized spacial score (nSPS) is 14.7. The summed E-state index contributed by atoms with van der Waals surface area (Å²) in [5.74, 6) is 0.609. The lowest BCUT2D eigenvalue weighted by molar-refractivity contribution is 0.102. The van der Waals surface area contributed by atoms with E-state index >= 15 is 0 Å². The summed E-state index contributed by atoms with van der Waals surface area (Å²) in [6, 6.07) is 18.0. The molecule has 1 aromatic heterocycles. The van der Waals surface area contributed by atoms with Crippen LogP contribution in [0.1, 0.15) is 15.9 Å². The first-order valence-electron chi connectivity index (χ1n) is 10.00. The van der Waals surface area contributed by atoms with Gasteiger partial charge in [-0.15, -0.1) is 0 Å². The average Bonchev–Trinajstić information content (AvgIpc) is 2.78. The number of pyridine rings is 1. The van der Waals surface area contributed by atoms with Crippen LogP contribution in [0.5, 0.6) is 0 Å². The number of guanidine groups is 1. The Morgan fingerprint density at radius 1 is 1.03 bits per heavy atom. The zero-order valence-electron chi connectivity index (χ0n) is 16.8. The Morgan fingerprint density at radius 2 is 1.80 bits per heavy atom. The molecule has 4 rings (SSSR count). The van der Waals surface area contributed by atoms with Crippen LogP contribution in [0, 0.1) is 5.41 Å². The van der Waals surface area contributed by atoms with Crippen LogP contribution >= 0.6 is 11.8 Å². The summed E-state index contributed by atoms with van der Waals surface area (Å²) in [6.45, 7) is 4.02. The number of carbonyl (C=O) groups is 1. The first-order valence-corrected chi connectivity index (χ1v) is 11.0. The summed E-state index contributed by atoms with van der Waals surface area (Å²) in [5, 5.41) is 10.7. The lowest BCUT2D eigenvalue weighted by atomic mass is 10.1. The van der Waals surface area contributed by atoms with Gasteiger partial charge < -0.3 is 10.6 Å². The summed E-state index contributed by atoms with van der Waals surface area (Å²) in [4.78, 5) is 21.5. The fraction of sp³-hybridized carbons (Fsp3) is 0.261. The molecule has 0 amide bonds. The molecule has 2 heterocycles. The van der Waals surface area contributed by atoms with E-state index < -0.39 is 0 Å². The molecule has 7 heteroatoms. The highest BCUT2D eigenvalue weighted by Gasteiger charge is 2.19. The fourth-order valence-corrected chi connectivity index (χ4v) is 4.53. The van der Waals surface area contributed by atoms with Gasteiger partial charge in [-0.2, -0.15) is 0 Å². The van der Waals surface area contributed by atoms with Crippen molar-refractivity contribution in [1.29, 1.82) is 5.41 Å². The number of carbonyl (C=O) groups excluding carboxylic acids is 1. The number of piperazine rings is 1. The van der Waals surface area contributed by atoms with E-state index in [0.717, 1.165) is 59.6 Å². The number of nitrogens with two attached hydrogens (primary N) is 1. The maximum absolute atomic E-state index is 12.8. The number of hydrogen-bond donors (Lipinski definition) is 2. The van der Waals surface area contributed by atoms with Crippen LogP contribution in [0.3, 0.4) is 0 Å². The van der Waals surface area contributed by atoms with Gasteiger partial charge in [0.15, 0.2) is 11.7 Å². The Balaban J connectivity index is 1.39. The quantitative estimate of drug-likeness (QED) is 0.276. The lowest BCUT2D eigenvalue weighted by Crippen LogP contribution is -2.50. The van der Waals surface area contributed by atoms with Crippen LogP contribution in [0.2, 0.25) is 0 Å². The fourth-order valence-electron chi connectivity index (χ4n) is 3.64. The molecule has 1 fully saturated rings. The highest BCUT2D eigenvalue weighted by Crippen LogP contribution is 2.24. The third-order valence-electron chi connectivity index (χ3n) is 5.37. The number of Topliss-reactive ketones (excluding diaryl/α,β-unsaturated/α-hetero) is 1. The van der Waals surface area contributed by atoms with E-state index in [9.17, 15) is 4.79 Å². The van der Waals surface area contributed by atoms with Gasteiger partial charge in [0.05, 0.1) is 5.75 Å². The highest BCUT2D eigenvalue weighted by atomic mass is 32.2. The van der Waals surface area contributed by atoms with Gasteiger partial charge >= 0.3 is 0 Å². The van der Waals surface area contributed by atoms with Gasteiger partial charge in [0, 0.05) is 44.5 Å². The van der Waals surface area contributed by atoms with Crippen molar-refractivity contribution in [2.75, 3.05) is 31.9 Å². The summed E-state index contributed by atoms with van der Waals surface area (Å²) in [5.41, 5.74) is 7.45. The Labute approximate surface area is 180 Å². The standard InChI is InChI=1S/C23H25N5OS/c24-23(25)28-12-10-27(11-13-28)15-20-6-3-9-26-22(20)30-16-21(29)19-8-7-17-4-1-2-5-18(17)14-19/h1-9,14H,10-13,15-16H2,(H3,24,25). The molecule has 0 unspecified atom stereocenters. The van der Waals surface area contributed by atoms with Gasteiger partial charge in [-0.3, -0.25) is 15.1 Å². The van der Waals surface area contributed by atoms with Crippen LogP contribution in [-0.2, 0) is 6.54 Å². The van der Waals surface area contributed by atoms with Crippen LogP contribution in [0.4, 0.5) is 0 Å². The molecule has 1 saturated heterocycles. The molecule has 3 aromatic rings. The predicted molar refractivity (Wildman–Crippen MR) is 122 cm³/mol. The van der Waals surface area contributed by atoms with Crippen LogP contribution < -0.4 is 5.73 Å². The molecule has 0 bridgehead atoms. The monoisotopic (exact) mass is 419 g/mol. The van der Waals surface area contributed by atoms with E-state index in [1.54, 1.807) is 6.20 Å². The SMILES string of the molecule is N=C(N)N1CCN(Cc2cccnc2SCC(=O)c2ccc3ccccc3c2)CC1. The summed E-state index contributed by atoms with van der Waals surface area (Å²) < 4.78 is 0. The molecule has 0 saturated carbocycles. The highest BCUT2D eigenvalue weighted by molar-refractivity contribution is 8.00. The molecule has 154 valence electrons. The van der Waals surface area contributed by atoms with E-state index in [0.29, 0.717) is 5.75 Å². The number of benzene rings is 2. The Morgan fingerprint density at radius 3 is 2.57 bits per heavy atom. The van der Waals surface area contributed by atoms with Crippen molar-refractivity contribution in [3.63, 3.8) is 0 Å². The van der Waals surface area contributed by atoms with Crippen molar-refractivity contribution in [1.82, 2.24) is 14.8 Å². The second kappa shape index (κ2) is 9.28. The van der Waals surface area contributed by atoms with Gasteiger partial charge in [-0.05, 0) is 28.5 Å². The molecule has 1 aliphatic rings. The zero-order valence-corrected chi connectivity index (χ0v) is 17.6. The maximum Gasteiger partial charge on any atom is 0.188 e. The van der Waals surface area contributed by atoms with Crippen LogP contribution in [-0.4, -0.2) is 58.5 Å². The second-order valence-corrected chi connectivity index (χ2v) is 8.35.